The van der Waals surface area contributed by atoms with Crippen LogP contribution in [0.4, 0.5) is 0 Å². The first-order chi connectivity index (χ1) is 4.36. The third-order valence-electron chi connectivity index (χ3n) is 1.57. The minimum absolute atomic E-state index is 1.17. The molecule has 2 aliphatic rings. The SMILES string of the molecule is CC1=CC2=CCSC2=C1. The smallest absolute Gasteiger partial charge is 0.0170 e. The van der Waals surface area contributed by atoms with Crippen LogP contribution in [0.1, 0.15) is 6.92 Å². The van der Waals surface area contributed by atoms with E-state index < -0.39 is 0 Å². The molecule has 0 amide bonds. The first-order valence-corrected chi connectivity index (χ1v) is 4.08. The van der Waals surface area contributed by atoms with Gasteiger partial charge in [0, 0.05) is 10.7 Å². The molecule has 9 heavy (non-hydrogen) atoms. The highest BCUT2D eigenvalue weighted by atomic mass is 32.2. The molecule has 1 heterocycles. The molecule has 0 aromatic rings. The molecular formula is C8H8S. The molecule has 2 rings (SSSR count). The topological polar surface area (TPSA) is 0 Å². The molecule has 0 radical (unpaired) electrons. The van der Waals surface area contributed by atoms with E-state index >= 15 is 0 Å². The summed E-state index contributed by atoms with van der Waals surface area (Å²) in [6, 6.07) is 0. The van der Waals surface area contributed by atoms with Gasteiger partial charge in [-0.15, -0.1) is 11.8 Å². The number of thioether (sulfide) groups is 1. The zero-order chi connectivity index (χ0) is 6.27. The van der Waals surface area contributed by atoms with Gasteiger partial charge in [-0.05, 0) is 24.1 Å². The summed E-state index contributed by atoms with van der Waals surface area (Å²) in [6.45, 7) is 2.15. The van der Waals surface area contributed by atoms with E-state index in [2.05, 4.69) is 25.2 Å². The fourth-order valence-corrected chi connectivity index (χ4v) is 2.17. The normalized spacial score (nSPS) is 23.0. The highest BCUT2D eigenvalue weighted by Gasteiger charge is 2.13. The second kappa shape index (κ2) is 1.77. The molecule has 1 aliphatic heterocycles. The monoisotopic (exact) mass is 136 g/mol. The molecule has 0 bridgehead atoms. The molecule has 0 atom stereocenters. The van der Waals surface area contributed by atoms with Crippen LogP contribution in [-0.4, -0.2) is 5.75 Å². The summed E-state index contributed by atoms with van der Waals surface area (Å²) in [7, 11) is 0. The van der Waals surface area contributed by atoms with Gasteiger partial charge in [0.25, 0.3) is 0 Å². The fraction of sp³-hybridized carbons (Fsp3) is 0.250. The van der Waals surface area contributed by atoms with E-state index in [1.54, 1.807) is 0 Å². The van der Waals surface area contributed by atoms with Crippen molar-refractivity contribution in [3.63, 3.8) is 0 Å². The van der Waals surface area contributed by atoms with Gasteiger partial charge in [0.2, 0.25) is 0 Å². The Morgan fingerprint density at radius 2 is 2.33 bits per heavy atom. The standard InChI is InChI=1S/C8H8S/c1-6-4-7-2-3-9-8(7)5-6/h2,4-5H,3H2,1H3. The minimum Gasteiger partial charge on any atom is -0.121 e. The van der Waals surface area contributed by atoms with Crippen molar-refractivity contribution in [2.45, 2.75) is 6.92 Å². The van der Waals surface area contributed by atoms with E-state index in [1.165, 1.54) is 21.8 Å². The molecule has 0 nitrogen and oxygen atoms in total. The van der Waals surface area contributed by atoms with Crippen molar-refractivity contribution in [3.8, 4) is 0 Å². The molecule has 0 aromatic carbocycles. The Kier molecular flexibility index (Phi) is 1.06. The van der Waals surface area contributed by atoms with E-state index in [0.717, 1.165) is 0 Å². The fourth-order valence-electron chi connectivity index (χ4n) is 1.15. The lowest BCUT2D eigenvalue weighted by Crippen LogP contribution is -1.63. The summed E-state index contributed by atoms with van der Waals surface area (Å²) in [5, 5.41) is 0. The molecule has 0 saturated carbocycles. The van der Waals surface area contributed by atoms with Crippen molar-refractivity contribution in [1.82, 2.24) is 0 Å². The van der Waals surface area contributed by atoms with Gasteiger partial charge in [-0.2, -0.15) is 0 Å². The predicted molar refractivity (Wildman–Crippen MR) is 42.4 cm³/mol. The van der Waals surface area contributed by atoms with Crippen LogP contribution in [0.2, 0.25) is 0 Å². The van der Waals surface area contributed by atoms with E-state index in [9.17, 15) is 0 Å². The van der Waals surface area contributed by atoms with Gasteiger partial charge < -0.3 is 0 Å². The van der Waals surface area contributed by atoms with Crippen LogP contribution >= 0.6 is 11.8 Å². The lowest BCUT2D eigenvalue weighted by atomic mass is 10.3. The Morgan fingerprint density at radius 1 is 1.44 bits per heavy atom. The van der Waals surface area contributed by atoms with Gasteiger partial charge in [0.15, 0.2) is 0 Å². The maximum atomic E-state index is 2.28. The van der Waals surface area contributed by atoms with Gasteiger partial charge in [0.05, 0.1) is 0 Å². The molecular weight excluding hydrogens is 128 g/mol. The molecule has 46 valence electrons. The Hall–Kier alpha value is -0.430. The van der Waals surface area contributed by atoms with E-state index in [1.807, 2.05) is 11.8 Å². The zero-order valence-electron chi connectivity index (χ0n) is 5.35. The highest BCUT2D eigenvalue weighted by molar-refractivity contribution is 8.03. The van der Waals surface area contributed by atoms with Crippen LogP contribution < -0.4 is 0 Å². The van der Waals surface area contributed by atoms with E-state index in [0.29, 0.717) is 0 Å². The summed E-state index contributed by atoms with van der Waals surface area (Å²) < 4.78 is 0. The van der Waals surface area contributed by atoms with Crippen molar-refractivity contribution < 1.29 is 0 Å². The molecule has 0 unspecified atom stereocenters. The number of hydrogen-bond acceptors (Lipinski definition) is 1. The number of fused-ring (bicyclic) bond motifs is 1. The number of hydrogen-bond donors (Lipinski definition) is 0. The van der Waals surface area contributed by atoms with Gasteiger partial charge in [-0.1, -0.05) is 12.2 Å². The van der Waals surface area contributed by atoms with Gasteiger partial charge in [-0.25, -0.2) is 0 Å². The van der Waals surface area contributed by atoms with Crippen LogP contribution in [0, 0.1) is 0 Å². The number of rotatable bonds is 0. The van der Waals surface area contributed by atoms with E-state index in [4.69, 9.17) is 0 Å². The Morgan fingerprint density at radius 3 is 3.11 bits per heavy atom. The molecule has 0 spiro atoms. The zero-order valence-corrected chi connectivity index (χ0v) is 6.16. The number of allylic oxidation sites excluding steroid dienone is 4. The summed E-state index contributed by atoms with van der Waals surface area (Å²) in [5.74, 6) is 1.17. The Bertz CT molecular complexity index is 231. The van der Waals surface area contributed by atoms with Crippen LogP contribution in [-0.2, 0) is 0 Å². The summed E-state index contributed by atoms with van der Waals surface area (Å²) in [6.07, 6.45) is 6.78. The van der Waals surface area contributed by atoms with Gasteiger partial charge in [-0.3, -0.25) is 0 Å². The highest BCUT2D eigenvalue weighted by Crippen LogP contribution is 2.37. The minimum atomic E-state index is 1.17. The van der Waals surface area contributed by atoms with Crippen molar-refractivity contribution in [1.29, 1.82) is 0 Å². The maximum absolute atomic E-state index is 2.28. The van der Waals surface area contributed by atoms with Crippen molar-refractivity contribution >= 4 is 11.8 Å². The first kappa shape index (κ1) is 5.36. The lowest BCUT2D eigenvalue weighted by molar-refractivity contribution is 1.56. The van der Waals surface area contributed by atoms with Gasteiger partial charge in [0.1, 0.15) is 0 Å². The second-order valence-electron chi connectivity index (χ2n) is 2.37. The third-order valence-corrected chi connectivity index (χ3v) is 2.57. The Labute approximate surface area is 59.3 Å². The van der Waals surface area contributed by atoms with Crippen LogP contribution in [0.25, 0.3) is 0 Å². The molecule has 0 saturated heterocycles. The van der Waals surface area contributed by atoms with E-state index in [-0.39, 0.29) is 0 Å². The van der Waals surface area contributed by atoms with Crippen LogP contribution in [0.15, 0.2) is 34.3 Å². The maximum Gasteiger partial charge on any atom is 0.0170 e. The van der Waals surface area contributed by atoms with Crippen LogP contribution in [0.3, 0.4) is 0 Å². The molecule has 0 N–H and O–H groups in total. The summed E-state index contributed by atoms with van der Waals surface area (Å²) in [5.41, 5.74) is 2.83. The first-order valence-electron chi connectivity index (χ1n) is 3.09. The average Bonchev–Trinajstić information content (AvgIpc) is 2.22. The quantitative estimate of drug-likeness (QED) is 0.493. The molecule has 1 heteroatoms. The molecule has 0 fully saturated rings. The van der Waals surface area contributed by atoms with Crippen LogP contribution in [0.5, 0.6) is 0 Å². The van der Waals surface area contributed by atoms with Crippen molar-refractivity contribution in [2.75, 3.05) is 5.75 Å². The third kappa shape index (κ3) is 0.761. The average molecular weight is 136 g/mol. The molecule has 0 aromatic heterocycles. The summed E-state index contributed by atoms with van der Waals surface area (Å²) >= 11 is 1.93. The Balaban J connectivity index is 2.46. The lowest BCUT2D eigenvalue weighted by Gasteiger charge is -1.87. The summed E-state index contributed by atoms with van der Waals surface area (Å²) in [4.78, 5) is 1.47. The predicted octanol–water partition coefficient (Wildman–Crippen LogP) is 2.50. The van der Waals surface area contributed by atoms with Gasteiger partial charge >= 0.3 is 0 Å². The van der Waals surface area contributed by atoms with Crippen molar-refractivity contribution in [3.05, 3.63) is 34.3 Å². The second-order valence-corrected chi connectivity index (χ2v) is 3.43. The van der Waals surface area contributed by atoms with Crippen molar-refractivity contribution in [2.24, 2.45) is 0 Å². The largest absolute Gasteiger partial charge is 0.121 e. The molecule has 1 aliphatic carbocycles.